The van der Waals surface area contributed by atoms with Crippen LogP contribution in [0.2, 0.25) is 0 Å². The van der Waals surface area contributed by atoms with Crippen LogP contribution in [-0.2, 0) is 4.79 Å². The number of hydrogen-bond acceptors (Lipinski definition) is 5. The van der Waals surface area contributed by atoms with Gasteiger partial charge in [0, 0.05) is 45.0 Å². The molecule has 1 amide bonds. The van der Waals surface area contributed by atoms with E-state index in [-0.39, 0.29) is 5.69 Å². The molecule has 0 atom stereocenters. The Hall–Kier alpha value is -2.31. The van der Waals surface area contributed by atoms with E-state index in [1.54, 1.807) is 24.1 Å². The van der Waals surface area contributed by atoms with Crippen LogP contribution in [0.4, 0.5) is 17.1 Å². The molecule has 102 valence electrons. The van der Waals surface area contributed by atoms with Gasteiger partial charge in [-0.2, -0.15) is 0 Å². The van der Waals surface area contributed by atoms with E-state index in [0.717, 1.165) is 25.2 Å². The molecule has 2 rings (SSSR count). The molecule has 0 aliphatic carbocycles. The highest BCUT2D eigenvalue weighted by Crippen LogP contribution is 2.29. The third-order valence-electron chi connectivity index (χ3n) is 3.27. The lowest BCUT2D eigenvalue weighted by Gasteiger charge is -2.34. The molecule has 1 saturated heterocycles. The minimum absolute atomic E-state index is 0.0674. The van der Waals surface area contributed by atoms with Crippen molar-refractivity contribution in [1.29, 1.82) is 0 Å². The Labute approximate surface area is 110 Å². The highest BCUT2D eigenvalue weighted by Gasteiger charge is 2.19. The second kappa shape index (κ2) is 5.55. The number of nitro groups is 1. The average molecular weight is 264 g/mol. The number of benzene rings is 1. The number of nitro benzene ring substituents is 1. The van der Waals surface area contributed by atoms with Crippen molar-refractivity contribution in [3.05, 3.63) is 28.3 Å². The smallest absolute Gasteiger partial charge is 0.292 e. The number of piperazine rings is 1. The van der Waals surface area contributed by atoms with Crippen LogP contribution in [0.5, 0.6) is 0 Å². The fourth-order valence-corrected chi connectivity index (χ4v) is 2.17. The van der Waals surface area contributed by atoms with Crippen molar-refractivity contribution in [3.63, 3.8) is 0 Å². The van der Waals surface area contributed by atoms with Crippen molar-refractivity contribution >= 4 is 23.5 Å². The fourth-order valence-electron chi connectivity index (χ4n) is 2.17. The zero-order valence-electron chi connectivity index (χ0n) is 10.7. The van der Waals surface area contributed by atoms with Crippen LogP contribution < -0.4 is 10.2 Å². The highest BCUT2D eigenvalue weighted by molar-refractivity contribution is 5.69. The van der Waals surface area contributed by atoms with Gasteiger partial charge < -0.3 is 15.1 Å². The summed E-state index contributed by atoms with van der Waals surface area (Å²) < 4.78 is 0. The molecule has 0 bridgehead atoms. The Morgan fingerprint density at radius 2 is 2.00 bits per heavy atom. The Balaban J connectivity index is 2.17. The lowest BCUT2D eigenvalue weighted by Crippen LogP contribution is -2.45. The van der Waals surface area contributed by atoms with Crippen LogP contribution in [0, 0.1) is 10.1 Å². The molecule has 1 heterocycles. The molecular formula is C12H16N4O3. The Bertz CT molecular complexity index is 484. The quantitative estimate of drug-likeness (QED) is 0.497. The monoisotopic (exact) mass is 264 g/mol. The van der Waals surface area contributed by atoms with E-state index in [9.17, 15) is 14.9 Å². The third-order valence-corrected chi connectivity index (χ3v) is 3.27. The van der Waals surface area contributed by atoms with Crippen molar-refractivity contribution in [3.8, 4) is 0 Å². The summed E-state index contributed by atoms with van der Waals surface area (Å²) in [5.41, 5.74) is 1.50. The maximum absolute atomic E-state index is 10.9. The molecule has 1 fully saturated rings. The van der Waals surface area contributed by atoms with Gasteiger partial charge in [-0.05, 0) is 12.1 Å². The molecule has 1 aromatic carbocycles. The molecule has 19 heavy (non-hydrogen) atoms. The van der Waals surface area contributed by atoms with E-state index < -0.39 is 4.92 Å². The first kappa shape index (κ1) is 13.1. The molecule has 1 aromatic rings. The summed E-state index contributed by atoms with van der Waals surface area (Å²) in [4.78, 5) is 24.9. The number of carbonyl (C=O) groups excluding carboxylic acids is 1. The van der Waals surface area contributed by atoms with Crippen molar-refractivity contribution in [2.45, 2.75) is 0 Å². The second-order valence-electron chi connectivity index (χ2n) is 4.34. The average Bonchev–Trinajstić information content (AvgIpc) is 2.46. The molecule has 0 spiro atoms. The zero-order chi connectivity index (χ0) is 13.8. The van der Waals surface area contributed by atoms with Crippen molar-refractivity contribution in [1.82, 2.24) is 4.90 Å². The highest BCUT2D eigenvalue weighted by atomic mass is 16.6. The van der Waals surface area contributed by atoms with Crippen molar-refractivity contribution < 1.29 is 9.72 Å². The first-order chi connectivity index (χ1) is 9.15. The fraction of sp³-hybridized carbons (Fsp3) is 0.417. The molecule has 1 N–H and O–H groups in total. The normalized spacial score (nSPS) is 15.2. The summed E-state index contributed by atoms with van der Waals surface area (Å²) in [7, 11) is 1.66. The standard InChI is InChI=1S/C12H16N4O3/c1-13-11-8-10(2-3-12(11)16(18)19)15-6-4-14(9-17)5-7-15/h2-3,8-9,13H,4-7H2,1H3. The minimum atomic E-state index is -0.403. The Morgan fingerprint density at radius 3 is 2.53 bits per heavy atom. The van der Waals surface area contributed by atoms with E-state index >= 15 is 0 Å². The van der Waals surface area contributed by atoms with Gasteiger partial charge in [-0.15, -0.1) is 0 Å². The van der Waals surface area contributed by atoms with Gasteiger partial charge in [-0.25, -0.2) is 0 Å². The van der Waals surface area contributed by atoms with E-state index in [2.05, 4.69) is 10.2 Å². The van der Waals surface area contributed by atoms with Crippen LogP contribution in [0.3, 0.4) is 0 Å². The maximum Gasteiger partial charge on any atom is 0.292 e. The minimum Gasteiger partial charge on any atom is -0.383 e. The Kier molecular flexibility index (Phi) is 3.84. The number of nitrogens with zero attached hydrogens (tertiary/aromatic N) is 3. The number of carbonyl (C=O) groups is 1. The molecule has 7 nitrogen and oxygen atoms in total. The van der Waals surface area contributed by atoms with Crippen LogP contribution in [-0.4, -0.2) is 49.5 Å². The van der Waals surface area contributed by atoms with Crippen molar-refractivity contribution in [2.24, 2.45) is 0 Å². The first-order valence-corrected chi connectivity index (χ1v) is 6.06. The van der Waals surface area contributed by atoms with E-state index in [1.165, 1.54) is 6.07 Å². The van der Waals surface area contributed by atoms with Gasteiger partial charge in [-0.1, -0.05) is 0 Å². The van der Waals surface area contributed by atoms with Gasteiger partial charge in [0.05, 0.1) is 4.92 Å². The van der Waals surface area contributed by atoms with E-state index in [4.69, 9.17) is 0 Å². The van der Waals surface area contributed by atoms with Crippen LogP contribution >= 0.6 is 0 Å². The predicted molar refractivity (Wildman–Crippen MR) is 72.5 cm³/mol. The molecular weight excluding hydrogens is 248 g/mol. The third kappa shape index (κ3) is 2.75. The number of amides is 1. The Morgan fingerprint density at radius 1 is 1.32 bits per heavy atom. The van der Waals surface area contributed by atoms with Gasteiger partial charge in [0.15, 0.2) is 0 Å². The second-order valence-corrected chi connectivity index (χ2v) is 4.34. The summed E-state index contributed by atoms with van der Waals surface area (Å²) in [6, 6.07) is 5.03. The summed E-state index contributed by atoms with van der Waals surface area (Å²) in [5, 5.41) is 13.7. The topological polar surface area (TPSA) is 78.7 Å². The van der Waals surface area contributed by atoms with Crippen molar-refractivity contribution in [2.75, 3.05) is 43.4 Å². The SMILES string of the molecule is CNc1cc(N2CCN(C=O)CC2)ccc1[N+](=O)[O-]. The summed E-state index contributed by atoms with van der Waals surface area (Å²) in [5.74, 6) is 0. The molecule has 0 radical (unpaired) electrons. The van der Waals surface area contributed by atoms with Crippen LogP contribution in [0.1, 0.15) is 0 Å². The van der Waals surface area contributed by atoms with Gasteiger partial charge in [0.25, 0.3) is 5.69 Å². The number of anilines is 2. The molecule has 0 saturated carbocycles. The lowest BCUT2D eigenvalue weighted by atomic mass is 10.2. The molecule has 1 aliphatic rings. The van der Waals surface area contributed by atoms with Gasteiger partial charge in [0.1, 0.15) is 5.69 Å². The largest absolute Gasteiger partial charge is 0.383 e. The predicted octanol–water partition coefficient (Wildman–Crippen LogP) is 0.915. The zero-order valence-corrected chi connectivity index (χ0v) is 10.7. The molecule has 1 aliphatic heterocycles. The molecule has 0 unspecified atom stereocenters. The molecule has 0 aromatic heterocycles. The van der Waals surface area contributed by atoms with E-state index in [0.29, 0.717) is 18.8 Å². The van der Waals surface area contributed by atoms with Crippen LogP contribution in [0.25, 0.3) is 0 Å². The summed E-state index contributed by atoms with van der Waals surface area (Å²) in [6.07, 6.45) is 0.853. The van der Waals surface area contributed by atoms with Crippen LogP contribution in [0.15, 0.2) is 18.2 Å². The first-order valence-electron chi connectivity index (χ1n) is 6.06. The summed E-state index contributed by atoms with van der Waals surface area (Å²) >= 11 is 0. The summed E-state index contributed by atoms with van der Waals surface area (Å²) in [6.45, 7) is 2.82. The van der Waals surface area contributed by atoms with Gasteiger partial charge >= 0.3 is 0 Å². The number of nitrogens with one attached hydrogen (secondary N) is 1. The van der Waals surface area contributed by atoms with Gasteiger partial charge in [-0.3, -0.25) is 14.9 Å². The van der Waals surface area contributed by atoms with E-state index in [1.807, 2.05) is 0 Å². The number of rotatable bonds is 4. The lowest BCUT2D eigenvalue weighted by molar-refractivity contribution is -0.383. The maximum atomic E-state index is 10.9. The van der Waals surface area contributed by atoms with Gasteiger partial charge in [0.2, 0.25) is 6.41 Å². The number of hydrogen-bond donors (Lipinski definition) is 1. The molecule has 7 heteroatoms.